The normalized spacial score (nSPS) is 11.0. The molecule has 0 saturated heterocycles. The van der Waals surface area contributed by atoms with Crippen molar-refractivity contribution < 1.29 is 4.74 Å². The van der Waals surface area contributed by atoms with Gasteiger partial charge in [0.15, 0.2) is 0 Å². The number of rotatable bonds is 8. The molecule has 0 unspecified atom stereocenters. The van der Waals surface area contributed by atoms with Gasteiger partial charge in [0.25, 0.3) is 0 Å². The van der Waals surface area contributed by atoms with Gasteiger partial charge in [-0.25, -0.2) is 0 Å². The summed E-state index contributed by atoms with van der Waals surface area (Å²) in [5, 5.41) is 5.95. The average molecular weight is 258 g/mol. The molecule has 1 N–H and O–H groups in total. The molecule has 3 nitrogen and oxygen atoms in total. The van der Waals surface area contributed by atoms with Gasteiger partial charge >= 0.3 is 0 Å². The van der Waals surface area contributed by atoms with Crippen molar-refractivity contribution in [3.8, 4) is 0 Å². The smallest absolute Gasteiger partial charge is 0.0462 e. The third-order valence-corrected chi connectivity index (χ3v) is 3.24. The third kappa shape index (κ3) is 4.62. The summed E-state index contributed by atoms with van der Waals surface area (Å²) in [5.74, 6) is 0. The first-order valence-electron chi connectivity index (χ1n) is 6.92. The first kappa shape index (κ1) is 14.0. The Morgan fingerprint density at radius 2 is 2.05 bits per heavy atom. The summed E-state index contributed by atoms with van der Waals surface area (Å²) < 4.78 is 5.03. The average Bonchev–Trinajstić information content (AvgIpc) is 2.46. The fourth-order valence-electron chi connectivity index (χ4n) is 2.15. The van der Waals surface area contributed by atoms with Crippen LogP contribution in [0.5, 0.6) is 0 Å². The Hall–Kier alpha value is -1.45. The molecule has 3 heteroatoms. The van der Waals surface area contributed by atoms with Crippen LogP contribution in [-0.2, 0) is 11.3 Å². The van der Waals surface area contributed by atoms with Crippen molar-refractivity contribution in [2.45, 2.75) is 25.8 Å². The van der Waals surface area contributed by atoms with E-state index >= 15 is 0 Å². The molecular formula is C16H22N2O. The van der Waals surface area contributed by atoms with E-state index in [0.29, 0.717) is 0 Å². The van der Waals surface area contributed by atoms with Crippen LogP contribution < -0.4 is 5.32 Å². The summed E-state index contributed by atoms with van der Waals surface area (Å²) in [6.45, 7) is 2.87. The Balaban J connectivity index is 1.72. The molecule has 0 fully saturated rings. The summed E-state index contributed by atoms with van der Waals surface area (Å²) in [4.78, 5) is 4.13. The van der Waals surface area contributed by atoms with E-state index in [-0.39, 0.29) is 0 Å². The number of unbranched alkanes of at least 4 members (excludes halogenated alkanes) is 2. The van der Waals surface area contributed by atoms with Crippen molar-refractivity contribution in [2.75, 3.05) is 20.3 Å². The summed E-state index contributed by atoms with van der Waals surface area (Å²) in [5.41, 5.74) is 1.33. The third-order valence-electron chi connectivity index (χ3n) is 3.24. The Labute approximate surface area is 115 Å². The molecule has 0 bridgehead atoms. The van der Waals surface area contributed by atoms with Gasteiger partial charge in [-0.1, -0.05) is 12.1 Å². The molecule has 2 rings (SSSR count). The minimum Gasteiger partial charge on any atom is -0.385 e. The molecule has 1 aromatic carbocycles. The molecule has 1 heterocycles. The van der Waals surface area contributed by atoms with Crippen LogP contribution >= 0.6 is 0 Å². The number of nitrogens with zero attached hydrogens (tertiary/aromatic N) is 1. The van der Waals surface area contributed by atoms with Gasteiger partial charge in [0.05, 0.1) is 0 Å². The molecule has 0 saturated carbocycles. The quantitative estimate of drug-likeness (QED) is 0.739. The van der Waals surface area contributed by atoms with E-state index in [1.54, 1.807) is 7.11 Å². The van der Waals surface area contributed by atoms with Crippen LogP contribution in [0.4, 0.5) is 0 Å². The zero-order valence-electron chi connectivity index (χ0n) is 11.6. The summed E-state index contributed by atoms with van der Waals surface area (Å²) in [6.07, 6.45) is 7.34. The zero-order valence-corrected chi connectivity index (χ0v) is 11.6. The van der Waals surface area contributed by atoms with Crippen molar-refractivity contribution in [3.63, 3.8) is 0 Å². The number of hydrogen-bond acceptors (Lipinski definition) is 3. The molecular weight excluding hydrogens is 236 g/mol. The maximum Gasteiger partial charge on any atom is 0.0462 e. The van der Waals surface area contributed by atoms with Gasteiger partial charge in [-0.3, -0.25) is 4.98 Å². The molecule has 19 heavy (non-hydrogen) atoms. The number of aromatic nitrogens is 1. The first-order valence-corrected chi connectivity index (χ1v) is 6.92. The monoisotopic (exact) mass is 258 g/mol. The highest BCUT2D eigenvalue weighted by Crippen LogP contribution is 2.14. The standard InChI is InChI=1S/C16H22N2O/c1-19-10-4-2-3-8-17-12-14-5-6-16-13-18-9-7-15(16)11-14/h5-7,9,11,13,17H,2-4,8,10,12H2,1H3. The van der Waals surface area contributed by atoms with Crippen molar-refractivity contribution in [1.29, 1.82) is 0 Å². The predicted molar refractivity (Wildman–Crippen MR) is 79.2 cm³/mol. The Morgan fingerprint density at radius 3 is 2.95 bits per heavy atom. The topological polar surface area (TPSA) is 34.1 Å². The van der Waals surface area contributed by atoms with E-state index in [4.69, 9.17) is 4.74 Å². The molecule has 0 aliphatic carbocycles. The van der Waals surface area contributed by atoms with Gasteiger partial charge in [-0.05, 0) is 48.9 Å². The lowest BCUT2D eigenvalue weighted by atomic mass is 10.1. The zero-order chi connectivity index (χ0) is 13.3. The number of fused-ring (bicyclic) bond motifs is 1. The van der Waals surface area contributed by atoms with E-state index < -0.39 is 0 Å². The van der Waals surface area contributed by atoms with E-state index in [1.807, 2.05) is 12.4 Å². The van der Waals surface area contributed by atoms with Gasteiger partial charge < -0.3 is 10.1 Å². The lowest BCUT2D eigenvalue weighted by Gasteiger charge is -2.06. The van der Waals surface area contributed by atoms with Gasteiger partial charge in [-0.2, -0.15) is 0 Å². The number of pyridine rings is 1. The van der Waals surface area contributed by atoms with Crippen LogP contribution in [0.3, 0.4) is 0 Å². The minimum atomic E-state index is 0.874. The summed E-state index contributed by atoms with van der Waals surface area (Å²) in [7, 11) is 1.76. The Morgan fingerprint density at radius 1 is 1.11 bits per heavy atom. The number of nitrogens with one attached hydrogen (secondary N) is 1. The molecule has 0 atom stereocenters. The molecule has 2 aromatic rings. The number of benzene rings is 1. The second kappa shape index (κ2) is 7.87. The fourth-order valence-corrected chi connectivity index (χ4v) is 2.15. The molecule has 0 amide bonds. The molecule has 0 aliphatic rings. The maximum absolute atomic E-state index is 5.03. The molecule has 0 radical (unpaired) electrons. The van der Waals surface area contributed by atoms with Crippen LogP contribution in [0.2, 0.25) is 0 Å². The van der Waals surface area contributed by atoms with Crippen LogP contribution in [0.1, 0.15) is 24.8 Å². The minimum absolute atomic E-state index is 0.874. The summed E-state index contributed by atoms with van der Waals surface area (Å²) in [6, 6.07) is 8.60. The molecule has 1 aromatic heterocycles. The van der Waals surface area contributed by atoms with E-state index in [9.17, 15) is 0 Å². The largest absolute Gasteiger partial charge is 0.385 e. The van der Waals surface area contributed by atoms with Gasteiger partial charge in [0.2, 0.25) is 0 Å². The predicted octanol–water partition coefficient (Wildman–Crippen LogP) is 3.14. The Kier molecular flexibility index (Phi) is 5.79. The second-order valence-corrected chi connectivity index (χ2v) is 4.79. The van der Waals surface area contributed by atoms with Crippen LogP contribution in [-0.4, -0.2) is 25.2 Å². The van der Waals surface area contributed by atoms with Crippen molar-refractivity contribution in [3.05, 3.63) is 42.2 Å². The second-order valence-electron chi connectivity index (χ2n) is 4.79. The maximum atomic E-state index is 5.03. The van der Waals surface area contributed by atoms with Gasteiger partial charge in [0.1, 0.15) is 0 Å². The molecule has 0 aliphatic heterocycles. The van der Waals surface area contributed by atoms with Crippen molar-refractivity contribution in [1.82, 2.24) is 10.3 Å². The molecule has 102 valence electrons. The lowest BCUT2D eigenvalue weighted by Crippen LogP contribution is -2.14. The van der Waals surface area contributed by atoms with Crippen LogP contribution in [0, 0.1) is 0 Å². The van der Waals surface area contributed by atoms with E-state index in [2.05, 4.69) is 34.6 Å². The highest BCUT2D eigenvalue weighted by molar-refractivity contribution is 5.81. The number of ether oxygens (including phenoxy) is 1. The van der Waals surface area contributed by atoms with Crippen molar-refractivity contribution in [2.24, 2.45) is 0 Å². The fraction of sp³-hybridized carbons (Fsp3) is 0.438. The lowest BCUT2D eigenvalue weighted by molar-refractivity contribution is 0.192. The van der Waals surface area contributed by atoms with Crippen LogP contribution in [0.15, 0.2) is 36.7 Å². The van der Waals surface area contributed by atoms with Gasteiger partial charge in [0, 0.05) is 38.0 Å². The first-order chi connectivity index (χ1) is 9.40. The SMILES string of the molecule is COCCCCCNCc1ccc2cnccc2c1. The van der Waals surface area contributed by atoms with E-state index in [1.165, 1.54) is 29.2 Å². The van der Waals surface area contributed by atoms with Crippen molar-refractivity contribution >= 4 is 10.8 Å². The van der Waals surface area contributed by atoms with Crippen LogP contribution in [0.25, 0.3) is 10.8 Å². The number of methoxy groups -OCH3 is 1. The van der Waals surface area contributed by atoms with E-state index in [0.717, 1.165) is 26.1 Å². The Bertz CT molecular complexity index is 499. The highest BCUT2D eigenvalue weighted by atomic mass is 16.5. The number of hydrogen-bond donors (Lipinski definition) is 1. The molecule has 0 spiro atoms. The summed E-state index contributed by atoms with van der Waals surface area (Å²) >= 11 is 0. The van der Waals surface area contributed by atoms with Gasteiger partial charge in [-0.15, -0.1) is 0 Å². The highest BCUT2D eigenvalue weighted by Gasteiger charge is 1.96.